The van der Waals surface area contributed by atoms with Crippen LogP contribution in [0.25, 0.3) is 16.6 Å². The van der Waals surface area contributed by atoms with Gasteiger partial charge in [0.05, 0.1) is 36.7 Å². The van der Waals surface area contributed by atoms with Crippen LogP contribution in [0, 0.1) is 6.92 Å². The Kier molecular flexibility index (Phi) is 11.5. The van der Waals surface area contributed by atoms with Gasteiger partial charge in [-0.2, -0.15) is 8.42 Å². The molecule has 0 aliphatic rings. The van der Waals surface area contributed by atoms with Gasteiger partial charge in [0.2, 0.25) is 0 Å². The Balaban J connectivity index is 0.00000101. The Labute approximate surface area is 280 Å². The number of para-hydroxylation sites is 1. The minimum Gasteiger partial charge on any atom is -0.497 e. The predicted octanol–water partition coefficient (Wildman–Crippen LogP) is 3.57. The number of methoxy groups -OCH3 is 1. The molecule has 17 heteroatoms. The van der Waals surface area contributed by atoms with Gasteiger partial charge in [-0.05, 0) is 63.2 Å². The number of aromatic nitrogens is 4. The van der Waals surface area contributed by atoms with E-state index in [9.17, 15) is 14.4 Å². The minimum absolute atomic E-state index is 0.0691. The first-order chi connectivity index (χ1) is 23.2. The highest BCUT2D eigenvalue weighted by atomic mass is 32.3. The molecule has 3 heterocycles. The fourth-order valence-corrected chi connectivity index (χ4v) is 4.68. The lowest BCUT2D eigenvalue weighted by Crippen LogP contribution is -2.34. The maximum atomic E-state index is 13.7. The van der Waals surface area contributed by atoms with E-state index >= 15 is 0 Å². The monoisotopic (exact) mass is 694 g/mol. The second-order valence-electron chi connectivity index (χ2n) is 10.6. The van der Waals surface area contributed by atoms with Crippen molar-refractivity contribution in [3.8, 4) is 22.9 Å². The van der Waals surface area contributed by atoms with Gasteiger partial charge in [-0.1, -0.05) is 18.2 Å². The summed E-state index contributed by atoms with van der Waals surface area (Å²) in [5.41, 5.74) is 6.69. The summed E-state index contributed by atoms with van der Waals surface area (Å²) in [6.07, 6.45) is 2.48. The summed E-state index contributed by atoms with van der Waals surface area (Å²) >= 11 is 0. The van der Waals surface area contributed by atoms with Gasteiger partial charge in [-0.3, -0.25) is 33.2 Å². The molecule has 5 aromatic rings. The number of pyridine rings is 2. The highest BCUT2D eigenvalue weighted by Crippen LogP contribution is 2.30. The highest BCUT2D eigenvalue weighted by Gasteiger charge is 2.26. The van der Waals surface area contributed by atoms with Crippen molar-refractivity contribution >= 4 is 39.0 Å². The molecular weight excluding hydrogens is 660 g/mol. The molecule has 0 aliphatic heterocycles. The van der Waals surface area contributed by atoms with E-state index in [4.69, 9.17) is 37.5 Å². The van der Waals surface area contributed by atoms with Crippen LogP contribution in [0.4, 0.5) is 5.82 Å². The van der Waals surface area contributed by atoms with Crippen molar-refractivity contribution in [1.82, 2.24) is 19.3 Å². The summed E-state index contributed by atoms with van der Waals surface area (Å²) in [5, 5.41) is 3.50. The van der Waals surface area contributed by atoms with Gasteiger partial charge in [-0.25, -0.2) is 9.67 Å². The smallest absolute Gasteiger partial charge is 0.394 e. The molecule has 5 N–H and O–H groups in total. The van der Waals surface area contributed by atoms with Gasteiger partial charge >= 0.3 is 16.4 Å². The van der Waals surface area contributed by atoms with Gasteiger partial charge in [0, 0.05) is 17.6 Å². The van der Waals surface area contributed by atoms with E-state index in [-0.39, 0.29) is 17.9 Å². The number of nitrogens with one attached hydrogen (secondary N) is 1. The first kappa shape index (κ1) is 36.2. The van der Waals surface area contributed by atoms with Gasteiger partial charge < -0.3 is 25.3 Å². The topological polar surface area (TPSA) is 227 Å². The number of carbonyl (C=O) groups excluding carboxylic acids is 2. The van der Waals surface area contributed by atoms with E-state index in [2.05, 4.69) is 15.3 Å². The number of nitrogens with zero attached hydrogens (tertiary/aromatic N) is 4. The molecule has 2 unspecified atom stereocenters. The Morgan fingerprint density at radius 1 is 1.00 bits per heavy atom. The van der Waals surface area contributed by atoms with Crippen molar-refractivity contribution in [3.63, 3.8) is 0 Å². The Morgan fingerprint density at radius 3 is 2.29 bits per heavy atom. The van der Waals surface area contributed by atoms with E-state index in [1.54, 1.807) is 74.3 Å². The molecule has 0 aliphatic carbocycles. The van der Waals surface area contributed by atoms with Gasteiger partial charge in [0.15, 0.2) is 0 Å². The van der Waals surface area contributed by atoms with E-state index in [1.807, 2.05) is 24.3 Å². The third kappa shape index (κ3) is 9.48. The Morgan fingerprint density at radius 2 is 1.67 bits per heavy atom. The highest BCUT2D eigenvalue weighted by molar-refractivity contribution is 7.79. The molecule has 2 atom stereocenters. The summed E-state index contributed by atoms with van der Waals surface area (Å²) < 4.78 is 51.3. The number of benzene rings is 2. The zero-order valence-corrected chi connectivity index (χ0v) is 27.6. The summed E-state index contributed by atoms with van der Waals surface area (Å²) in [4.78, 5) is 47.9. The molecule has 258 valence electrons. The molecule has 2 aromatic carbocycles. The number of amides is 1. The molecule has 5 rings (SSSR count). The molecular formula is C32H34N6O10S. The fourth-order valence-electron chi connectivity index (χ4n) is 4.68. The van der Waals surface area contributed by atoms with Crippen LogP contribution >= 0.6 is 0 Å². The third-order valence-electron chi connectivity index (χ3n) is 6.86. The number of fused-ring (bicyclic) bond motifs is 1. The molecule has 0 bridgehead atoms. The summed E-state index contributed by atoms with van der Waals surface area (Å²) in [6.45, 7) is 5.00. The predicted molar refractivity (Wildman–Crippen MR) is 179 cm³/mol. The van der Waals surface area contributed by atoms with Crippen LogP contribution in [0.3, 0.4) is 0 Å². The van der Waals surface area contributed by atoms with Crippen molar-refractivity contribution in [2.75, 3.05) is 12.4 Å². The average molecular weight is 695 g/mol. The molecule has 1 amide bonds. The summed E-state index contributed by atoms with van der Waals surface area (Å²) in [5.74, 6) is 0.731. The number of carbonyl (C=O) groups is 2. The molecule has 49 heavy (non-hydrogen) atoms. The first-order valence-corrected chi connectivity index (χ1v) is 16.0. The van der Waals surface area contributed by atoms with Crippen molar-refractivity contribution in [2.24, 2.45) is 5.73 Å². The fraction of sp³-hybridized carbons (Fsp3) is 0.219. The molecule has 0 saturated carbocycles. The van der Waals surface area contributed by atoms with Crippen molar-refractivity contribution in [1.29, 1.82) is 0 Å². The zero-order chi connectivity index (χ0) is 35.9. The van der Waals surface area contributed by atoms with Gasteiger partial charge in [0.25, 0.3) is 11.5 Å². The van der Waals surface area contributed by atoms with E-state index in [1.165, 1.54) is 17.8 Å². The third-order valence-corrected chi connectivity index (χ3v) is 6.86. The van der Waals surface area contributed by atoms with E-state index in [0.29, 0.717) is 34.1 Å². The lowest BCUT2D eigenvalue weighted by molar-refractivity contribution is -0.150. The molecule has 0 fully saturated rings. The van der Waals surface area contributed by atoms with Crippen LogP contribution in [0.2, 0.25) is 0 Å². The number of hydrogen-bond donors (Lipinski definition) is 4. The van der Waals surface area contributed by atoms with Gasteiger partial charge in [0.1, 0.15) is 40.8 Å². The lowest BCUT2D eigenvalue weighted by atomic mass is 10.2. The van der Waals surface area contributed by atoms with Crippen LogP contribution in [0.1, 0.15) is 29.9 Å². The van der Waals surface area contributed by atoms with Crippen LogP contribution in [0.5, 0.6) is 17.2 Å². The zero-order valence-electron chi connectivity index (χ0n) is 26.8. The van der Waals surface area contributed by atoms with E-state index < -0.39 is 40.0 Å². The molecule has 0 spiro atoms. The summed E-state index contributed by atoms with van der Waals surface area (Å²) in [6, 6.07) is 18.6. The number of anilines is 1. The average Bonchev–Trinajstić information content (AvgIpc) is 3.29. The molecule has 0 saturated heterocycles. The maximum Gasteiger partial charge on any atom is 0.394 e. The van der Waals surface area contributed by atoms with Crippen molar-refractivity contribution in [3.05, 3.63) is 101 Å². The SMILES string of the molecule is COc1ccc2c(Oc3ccc(NC(=O)c4c(C)n(CC(C)OC(=O)C(C)N)n(-c5ccccc5)c4=O)nc3)ccnc2c1.O=S(=O)(O)O. The quantitative estimate of drug-likeness (QED) is 0.121. The van der Waals surface area contributed by atoms with Crippen molar-refractivity contribution in [2.45, 2.75) is 39.5 Å². The first-order valence-electron chi connectivity index (χ1n) is 14.6. The van der Waals surface area contributed by atoms with E-state index in [0.717, 1.165) is 5.39 Å². The largest absolute Gasteiger partial charge is 0.497 e. The molecule has 3 aromatic heterocycles. The van der Waals surface area contributed by atoms with Crippen molar-refractivity contribution < 1.29 is 41.3 Å². The standard InChI is InChI=1S/C32H32N6O6.H2O4S/c1-19(43-32(41)20(2)33)18-37-21(3)29(31(40)38(37)22-8-6-5-7-9-22)30(39)36-28-13-11-24(17-35-28)44-27-14-15-34-26-16-23(42-4)10-12-25(26)27;1-5(2,3)4/h5-17,19-20H,18,33H2,1-4H3,(H,35,36,39);(H2,1,2,3,4). The second-order valence-corrected chi connectivity index (χ2v) is 11.5. The summed E-state index contributed by atoms with van der Waals surface area (Å²) in [7, 11) is -3.08. The van der Waals surface area contributed by atoms with Crippen LogP contribution < -0.4 is 26.1 Å². The number of hydrogen-bond acceptors (Lipinski definition) is 11. The molecule has 16 nitrogen and oxygen atoms in total. The second kappa shape index (κ2) is 15.5. The van der Waals surface area contributed by atoms with Crippen LogP contribution in [0.15, 0.2) is 83.9 Å². The number of rotatable bonds is 10. The van der Waals surface area contributed by atoms with Crippen LogP contribution in [-0.2, 0) is 26.5 Å². The lowest BCUT2D eigenvalue weighted by Gasteiger charge is -2.19. The number of ether oxygens (including phenoxy) is 3. The Hall–Kier alpha value is -5.62. The maximum absolute atomic E-state index is 13.7. The Bertz CT molecular complexity index is 2110. The normalized spacial score (nSPS) is 12.3. The number of esters is 1. The minimum atomic E-state index is -4.67. The molecule has 0 radical (unpaired) electrons. The number of nitrogens with two attached hydrogens (primary N) is 1. The van der Waals surface area contributed by atoms with Gasteiger partial charge in [-0.15, -0.1) is 0 Å². The van der Waals surface area contributed by atoms with Crippen LogP contribution in [-0.4, -0.2) is 68.0 Å².